The molecule has 1 aliphatic rings. The quantitative estimate of drug-likeness (QED) is 0.398. The summed E-state index contributed by atoms with van der Waals surface area (Å²) in [6.07, 6.45) is -4.37. The monoisotopic (exact) mass is 458 g/mol. The lowest BCUT2D eigenvalue weighted by molar-refractivity contribution is -0.274. The van der Waals surface area contributed by atoms with Crippen molar-refractivity contribution in [3.63, 3.8) is 0 Å². The minimum absolute atomic E-state index is 0.0207. The van der Waals surface area contributed by atoms with E-state index in [4.69, 9.17) is 0 Å². The Kier molecular flexibility index (Phi) is 5.25. The van der Waals surface area contributed by atoms with Crippen LogP contribution in [-0.4, -0.2) is 30.1 Å². The van der Waals surface area contributed by atoms with Crippen LogP contribution in [0.15, 0.2) is 23.0 Å². The van der Waals surface area contributed by atoms with Gasteiger partial charge in [0, 0.05) is 11.1 Å². The number of nitrogens with zero attached hydrogens (tertiary/aromatic N) is 2. The molecule has 1 aliphatic carbocycles. The molecule has 7 nitrogen and oxygen atoms in total. The van der Waals surface area contributed by atoms with Crippen molar-refractivity contribution in [3.05, 3.63) is 45.2 Å². The van der Waals surface area contributed by atoms with Crippen molar-refractivity contribution >= 4 is 10.1 Å². The highest BCUT2D eigenvalue weighted by atomic mass is 32.2. The van der Waals surface area contributed by atoms with Gasteiger partial charge in [-0.05, 0) is 49.9 Å². The minimum Gasteiger partial charge on any atom is -0.406 e. The van der Waals surface area contributed by atoms with E-state index >= 15 is 0 Å². The highest BCUT2D eigenvalue weighted by Gasteiger charge is 2.49. The normalized spacial score (nSPS) is 14.5. The first kappa shape index (κ1) is 21.9. The van der Waals surface area contributed by atoms with Crippen molar-refractivity contribution in [3.8, 4) is 17.3 Å². The lowest BCUT2D eigenvalue weighted by atomic mass is 10.1. The van der Waals surface area contributed by atoms with Gasteiger partial charge in [-0.15, -0.1) is 18.3 Å². The fraction of sp³-hybridized carbons (Fsp3) is 0.375. The average Bonchev–Trinajstić information content (AvgIpc) is 3.06. The largest absolute Gasteiger partial charge is 0.573 e. The zero-order valence-electron chi connectivity index (χ0n) is 15.0. The third kappa shape index (κ3) is 4.22. The van der Waals surface area contributed by atoms with E-state index in [9.17, 15) is 39.6 Å². The van der Waals surface area contributed by atoms with Gasteiger partial charge in [0.05, 0.1) is 5.69 Å². The molecule has 2 aromatic rings. The Balaban J connectivity index is 2.12. The van der Waals surface area contributed by atoms with E-state index in [-0.39, 0.29) is 35.2 Å². The summed E-state index contributed by atoms with van der Waals surface area (Å²) in [5.41, 5.74) is -6.52. The molecule has 3 rings (SSSR count). The Morgan fingerprint density at radius 1 is 1.07 bits per heavy atom. The maximum absolute atomic E-state index is 12.7. The highest BCUT2D eigenvalue weighted by Crippen LogP contribution is 2.32. The first-order valence-corrected chi connectivity index (χ1v) is 9.63. The van der Waals surface area contributed by atoms with Crippen molar-refractivity contribution in [2.24, 2.45) is 0 Å². The van der Waals surface area contributed by atoms with Crippen LogP contribution in [0.1, 0.15) is 23.1 Å². The average molecular weight is 458 g/mol. The first-order chi connectivity index (χ1) is 13.7. The van der Waals surface area contributed by atoms with Crippen molar-refractivity contribution in [2.45, 2.75) is 38.1 Å². The molecule has 0 fully saturated rings. The van der Waals surface area contributed by atoms with Crippen LogP contribution in [0.4, 0.5) is 26.3 Å². The molecule has 30 heavy (non-hydrogen) atoms. The van der Waals surface area contributed by atoms with Gasteiger partial charge < -0.3 is 8.92 Å². The molecule has 0 atom stereocenters. The summed E-state index contributed by atoms with van der Waals surface area (Å²) < 4.78 is 107. The summed E-state index contributed by atoms with van der Waals surface area (Å²) in [4.78, 5) is 12.7. The SMILES string of the molecule is Cc1cc(OC(F)(F)F)ccc1-n1nc(OS(=O)(=O)C(F)(F)F)c2c(c1=O)CCC2. The fourth-order valence-electron chi connectivity index (χ4n) is 2.98. The van der Waals surface area contributed by atoms with Crippen LogP contribution in [-0.2, 0) is 23.0 Å². The number of rotatable bonds is 4. The molecule has 14 heteroatoms. The van der Waals surface area contributed by atoms with Gasteiger partial charge in [0.25, 0.3) is 11.4 Å². The summed E-state index contributed by atoms with van der Waals surface area (Å²) in [6.45, 7) is 1.31. The van der Waals surface area contributed by atoms with E-state index in [1.807, 2.05) is 0 Å². The summed E-state index contributed by atoms with van der Waals surface area (Å²) in [5, 5.41) is 3.62. The Labute approximate surface area is 165 Å². The Bertz CT molecular complexity index is 1150. The Hall–Kier alpha value is -2.77. The lowest BCUT2D eigenvalue weighted by Crippen LogP contribution is -2.31. The molecule has 0 N–H and O–H groups in total. The molecule has 0 amide bonds. The van der Waals surface area contributed by atoms with Crippen LogP contribution in [0.5, 0.6) is 11.6 Å². The lowest BCUT2D eigenvalue weighted by Gasteiger charge is -2.16. The van der Waals surface area contributed by atoms with E-state index < -0.39 is 39.2 Å². The van der Waals surface area contributed by atoms with Crippen LogP contribution >= 0.6 is 0 Å². The zero-order chi connectivity index (χ0) is 22.5. The number of hydrogen-bond donors (Lipinski definition) is 0. The molecule has 1 aromatic heterocycles. The van der Waals surface area contributed by atoms with E-state index in [1.165, 1.54) is 6.92 Å². The number of aromatic nitrogens is 2. The van der Waals surface area contributed by atoms with Crippen LogP contribution in [0, 0.1) is 6.92 Å². The second kappa shape index (κ2) is 7.18. The number of aryl methyl sites for hydroxylation is 1. The molecule has 0 bridgehead atoms. The molecular formula is C16H12F6N2O5S. The van der Waals surface area contributed by atoms with Crippen LogP contribution in [0.3, 0.4) is 0 Å². The van der Waals surface area contributed by atoms with Crippen molar-refractivity contribution in [1.82, 2.24) is 9.78 Å². The summed E-state index contributed by atoms with van der Waals surface area (Å²) >= 11 is 0. The maximum atomic E-state index is 12.7. The van der Waals surface area contributed by atoms with Gasteiger partial charge >= 0.3 is 22.0 Å². The maximum Gasteiger partial charge on any atom is 0.573 e. The Morgan fingerprint density at radius 2 is 1.70 bits per heavy atom. The predicted molar refractivity (Wildman–Crippen MR) is 88.9 cm³/mol. The van der Waals surface area contributed by atoms with Crippen molar-refractivity contribution in [1.29, 1.82) is 0 Å². The van der Waals surface area contributed by atoms with Gasteiger partial charge in [-0.1, -0.05) is 0 Å². The highest BCUT2D eigenvalue weighted by molar-refractivity contribution is 7.87. The second-order valence-corrected chi connectivity index (χ2v) is 7.85. The summed E-state index contributed by atoms with van der Waals surface area (Å²) in [7, 11) is -6.04. The van der Waals surface area contributed by atoms with Crippen molar-refractivity contribution in [2.75, 3.05) is 0 Å². The van der Waals surface area contributed by atoms with Gasteiger partial charge in [0.2, 0.25) is 0 Å². The molecule has 0 spiro atoms. The molecule has 0 unspecified atom stereocenters. The van der Waals surface area contributed by atoms with Gasteiger partial charge in [0.1, 0.15) is 5.75 Å². The van der Waals surface area contributed by atoms with Gasteiger partial charge in [-0.3, -0.25) is 4.79 Å². The minimum atomic E-state index is -6.04. The molecule has 0 radical (unpaired) electrons. The molecule has 0 aliphatic heterocycles. The number of ether oxygens (including phenoxy) is 1. The second-order valence-electron chi connectivity index (χ2n) is 6.31. The standard InChI is InChI=1S/C16H12F6N2O5S/c1-8-7-9(28-15(17,18)19)5-6-12(8)24-14(25)11-4-2-3-10(11)13(23-24)29-30(26,27)16(20,21)22/h5-7H,2-4H2,1H3. The number of fused-ring (bicyclic) bond motifs is 1. The fourth-order valence-corrected chi connectivity index (χ4v) is 3.42. The van der Waals surface area contributed by atoms with E-state index in [0.717, 1.165) is 18.2 Å². The number of hydrogen-bond acceptors (Lipinski definition) is 6. The van der Waals surface area contributed by atoms with E-state index in [1.54, 1.807) is 0 Å². The number of alkyl halides is 6. The third-order valence-electron chi connectivity index (χ3n) is 4.22. The van der Waals surface area contributed by atoms with E-state index in [0.29, 0.717) is 11.1 Å². The summed E-state index contributed by atoms with van der Waals surface area (Å²) in [6, 6.07) is 2.86. The number of benzene rings is 1. The molecule has 1 aromatic carbocycles. The van der Waals surface area contributed by atoms with E-state index in [2.05, 4.69) is 14.0 Å². The van der Waals surface area contributed by atoms with Gasteiger partial charge in [-0.25, -0.2) is 0 Å². The number of halogens is 6. The predicted octanol–water partition coefficient (Wildman–Crippen LogP) is 3.16. The Morgan fingerprint density at radius 3 is 2.27 bits per heavy atom. The smallest absolute Gasteiger partial charge is 0.406 e. The molecule has 0 saturated carbocycles. The van der Waals surface area contributed by atoms with Crippen molar-refractivity contribution < 1.29 is 43.7 Å². The first-order valence-electron chi connectivity index (χ1n) is 8.22. The third-order valence-corrected chi connectivity index (χ3v) is 5.16. The topological polar surface area (TPSA) is 87.5 Å². The molecular weight excluding hydrogens is 446 g/mol. The van der Waals surface area contributed by atoms with Gasteiger partial charge in [0.15, 0.2) is 0 Å². The van der Waals surface area contributed by atoms with Crippen LogP contribution < -0.4 is 14.5 Å². The van der Waals surface area contributed by atoms with Crippen LogP contribution in [0.2, 0.25) is 0 Å². The molecule has 1 heterocycles. The molecule has 164 valence electrons. The summed E-state index contributed by atoms with van der Waals surface area (Å²) in [5.74, 6) is -1.50. The van der Waals surface area contributed by atoms with Gasteiger partial charge in [-0.2, -0.15) is 26.3 Å². The van der Waals surface area contributed by atoms with Crippen LogP contribution in [0.25, 0.3) is 5.69 Å². The zero-order valence-corrected chi connectivity index (χ0v) is 15.8. The molecule has 0 saturated heterocycles.